The number of rotatable bonds is 3. The van der Waals surface area contributed by atoms with Gasteiger partial charge in [-0.15, -0.1) is 0 Å². The van der Waals surface area contributed by atoms with Gasteiger partial charge in [-0.05, 0) is 13.0 Å². The topological polar surface area (TPSA) is 95.1 Å². The normalized spacial score (nSPS) is 18.3. The molecule has 0 radical (unpaired) electrons. The number of likely N-dealkylation sites (N-methyl/N-ethyl adjacent to an activating group) is 1. The van der Waals surface area contributed by atoms with E-state index in [2.05, 4.69) is 10.3 Å². The van der Waals surface area contributed by atoms with Gasteiger partial charge in [-0.25, -0.2) is 4.98 Å². The van der Waals surface area contributed by atoms with Crippen LogP contribution in [0.4, 0.5) is 11.5 Å². The van der Waals surface area contributed by atoms with Crippen molar-refractivity contribution in [3.63, 3.8) is 0 Å². The lowest BCUT2D eigenvalue weighted by atomic mass is 10.2. The molecule has 1 unspecified atom stereocenters. The van der Waals surface area contributed by atoms with Crippen LogP contribution in [0.15, 0.2) is 12.3 Å². The first-order valence-corrected chi connectivity index (χ1v) is 5.61. The van der Waals surface area contributed by atoms with Crippen molar-refractivity contribution >= 4 is 11.5 Å². The van der Waals surface area contributed by atoms with Crippen molar-refractivity contribution in [2.45, 2.75) is 12.5 Å². The van der Waals surface area contributed by atoms with E-state index in [0.29, 0.717) is 5.82 Å². The number of nitro groups is 1. The Bertz CT molecular complexity index is 505. The van der Waals surface area contributed by atoms with Gasteiger partial charge >= 0.3 is 5.69 Å². The molecule has 1 atom stereocenters. The van der Waals surface area contributed by atoms with Crippen LogP contribution >= 0.6 is 0 Å². The summed E-state index contributed by atoms with van der Waals surface area (Å²) in [6.07, 6.45) is 2.29. The van der Waals surface area contributed by atoms with E-state index in [0.717, 1.165) is 19.5 Å². The van der Waals surface area contributed by atoms with Gasteiger partial charge in [-0.2, -0.15) is 5.26 Å². The summed E-state index contributed by atoms with van der Waals surface area (Å²) < 4.78 is 0. The Morgan fingerprint density at radius 2 is 2.50 bits per heavy atom. The quantitative estimate of drug-likeness (QED) is 0.622. The van der Waals surface area contributed by atoms with Crippen molar-refractivity contribution in [2.75, 3.05) is 25.0 Å². The zero-order chi connectivity index (χ0) is 13.1. The minimum atomic E-state index is -0.498. The first-order chi connectivity index (χ1) is 8.63. The molecule has 0 aliphatic carbocycles. The molecule has 0 saturated carbocycles. The minimum Gasteiger partial charge on any atom is -0.350 e. The molecular formula is C11H13N5O2. The number of nitrogens with one attached hydrogen (secondary N) is 1. The standard InChI is InChI=1S/C11H13N5O2/c1-15(9-2-3-13-7-9)11-10(16(17)18)4-8(5-12)6-14-11/h4,6,9,13H,2-3,7H2,1H3. The summed E-state index contributed by atoms with van der Waals surface area (Å²) in [6.45, 7) is 1.69. The fraction of sp³-hybridized carbons (Fsp3) is 0.455. The Kier molecular flexibility index (Phi) is 3.39. The molecule has 0 aromatic carbocycles. The van der Waals surface area contributed by atoms with E-state index < -0.39 is 4.92 Å². The second-order valence-corrected chi connectivity index (χ2v) is 4.19. The highest BCUT2D eigenvalue weighted by Crippen LogP contribution is 2.27. The average Bonchev–Trinajstić information content (AvgIpc) is 2.91. The number of nitriles is 1. The molecule has 1 aliphatic heterocycles. The second kappa shape index (κ2) is 4.98. The van der Waals surface area contributed by atoms with Crippen molar-refractivity contribution < 1.29 is 4.92 Å². The first kappa shape index (κ1) is 12.3. The number of anilines is 1. The SMILES string of the molecule is CN(c1ncc(C#N)cc1[N+](=O)[O-])C1CCNC1. The largest absolute Gasteiger partial charge is 0.350 e. The molecule has 1 saturated heterocycles. The third kappa shape index (κ3) is 2.24. The van der Waals surface area contributed by atoms with E-state index in [4.69, 9.17) is 5.26 Å². The van der Waals surface area contributed by atoms with Crippen LogP contribution in [0.1, 0.15) is 12.0 Å². The molecule has 2 rings (SSSR count). The van der Waals surface area contributed by atoms with Crippen molar-refractivity contribution in [2.24, 2.45) is 0 Å². The van der Waals surface area contributed by atoms with Crippen LogP contribution < -0.4 is 10.2 Å². The monoisotopic (exact) mass is 247 g/mol. The highest BCUT2D eigenvalue weighted by atomic mass is 16.6. The van der Waals surface area contributed by atoms with Crippen LogP contribution in [0, 0.1) is 21.4 Å². The van der Waals surface area contributed by atoms with Gasteiger partial charge in [0.15, 0.2) is 0 Å². The summed E-state index contributed by atoms with van der Waals surface area (Å²) >= 11 is 0. The molecule has 0 amide bonds. The van der Waals surface area contributed by atoms with E-state index >= 15 is 0 Å². The van der Waals surface area contributed by atoms with Crippen molar-refractivity contribution in [1.29, 1.82) is 5.26 Å². The molecule has 7 nitrogen and oxygen atoms in total. The molecule has 94 valence electrons. The molecule has 1 fully saturated rings. The number of nitrogens with zero attached hydrogens (tertiary/aromatic N) is 4. The van der Waals surface area contributed by atoms with E-state index in [1.807, 2.05) is 6.07 Å². The molecule has 2 heterocycles. The summed E-state index contributed by atoms with van der Waals surface area (Å²) in [7, 11) is 1.79. The third-order valence-corrected chi connectivity index (χ3v) is 3.09. The predicted octanol–water partition coefficient (Wildman–Crippen LogP) is 0.660. The molecule has 7 heteroatoms. The van der Waals surface area contributed by atoms with Gasteiger partial charge < -0.3 is 10.2 Å². The summed E-state index contributed by atoms with van der Waals surface area (Å²) in [5.74, 6) is 0.313. The number of aromatic nitrogens is 1. The fourth-order valence-electron chi connectivity index (χ4n) is 2.06. The number of hydrogen-bond donors (Lipinski definition) is 1. The molecule has 1 aromatic rings. The highest BCUT2D eigenvalue weighted by Gasteiger charge is 2.26. The Hall–Kier alpha value is -2.20. The van der Waals surface area contributed by atoms with Gasteiger partial charge in [0.1, 0.15) is 6.07 Å². The lowest BCUT2D eigenvalue weighted by molar-refractivity contribution is -0.384. The maximum Gasteiger partial charge on any atom is 0.312 e. The highest BCUT2D eigenvalue weighted by molar-refractivity contribution is 5.60. The minimum absolute atomic E-state index is 0.122. The lowest BCUT2D eigenvalue weighted by Gasteiger charge is -2.24. The molecule has 0 bridgehead atoms. The van der Waals surface area contributed by atoms with E-state index in [9.17, 15) is 10.1 Å². The molecule has 1 aromatic heterocycles. The van der Waals surface area contributed by atoms with Crippen molar-refractivity contribution in [3.8, 4) is 6.07 Å². The molecule has 18 heavy (non-hydrogen) atoms. The van der Waals surface area contributed by atoms with Gasteiger partial charge in [0.25, 0.3) is 0 Å². The third-order valence-electron chi connectivity index (χ3n) is 3.09. The van der Waals surface area contributed by atoms with Crippen LogP contribution in [0.25, 0.3) is 0 Å². The smallest absolute Gasteiger partial charge is 0.312 e. The van der Waals surface area contributed by atoms with Crippen molar-refractivity contribution in [3.05, 3.63) is 27.9 Å². The van der Waals surface area contributed by atoms with Crippen LogP contribution in [0.3, 0.4) is 0 Å². The maximum atomic E-state index is 11.0. The van der Waals surface area contributed by atoms with E-state index in [1.54, 1.807) is 11.9 Å². The Balaban J connectivity index is 2.37. The van der Waals surface area contributed by atoms with Crippen molar-refractivity contribution in [1.82, 2.24) is 10.3 Å². The average molecular weight is 247 g/mol. The number of hydrogen-bond acceptors (Lipinski definition) is 6. The van der Waals surface area contributed by atoms with Gasteiger partial charge in [0.2, 0.25) is 5.82 Å². The molecule has 1 aliphatic rings. The van der Waals surface area contributed by atoms with Crippen LogP contribution in [0.5, 0.6) is 0 Å². The second-order valence-electron chi connectivity index (χ2n) is 4.19. The molecular weight excluding hydrogens is 234 g/mol. The zero-order valence-electron chi connectivity index (χ0n) is 9.96. The summed E-state index contributed by atoms with van der Waals surface area (Å²) in [5, 5.41) is 23.0. The van der Waals surface area contributed by atoms with Gasteiger partial charge in [0, 0.05) is 31.9 Å². The van der Waals surface area contributed by atoms with Crippen LogP contribution in [0.2, 0.25) is 0 Å². The molecule has 0 spiro atoms. The number of pyridine rings is 1. The fourth-order valence-corrected chi connectivity index (χ4v) is 2.06. The Labute approximate surface area is 104 Å². The van der Waals surface area contributed by atoms with E-state index in [1.165, 1.54) is 12.3 Å². The Morgan fingerprint density at radius 3 is 3.06 bits per heavy atom. The molecule has 1 N–H and O–H groups in total. The lowest BCUT2D eigenvalue weighted by Crippen LogP contribution is -2.34. The van der Waals surface area contributed by atoms with Crippen LogP contribution in [-0.4, -0.2) is 36.1 Å². The summed E-state index contributed by atoms with van der Waals surface area (Å²) in [6, 6.07) is 3.32. The van der Waals surface area contributed by atoms with Gasteiger partial charge in [0.05, 0.1) is 10.5 Å². The summed E-state index contributed by atoms with van der Waals surface area (Å²) in [4.78, 5) is 16.4. The van der Waals surface area contributed by atoms with Gasteiger partial charge in [-0.3, -0.25) is 10.1 Å². The van der Waals surface area contributed by atoms with Crippen LogP contribution in [-0.2, 0) is 0 Å². The maximum absolute atomic E-state index is 11.0. The summed E-state index contributed by atoms with van der Waals surface area (Å²) in [5.41, 5.74) is 0.0758. The first-order valence-electron chi connectivity index (χ1n) is 5.61. The zero-order valence-corrected chi connectivity index (χ0v) is 9.96. The predicted molar refractivity (Wildman–Crippen MR) is 65.3 cm³/mol. The van der Waals surface area contributed by atoms with Gasteiger partial charge in [-0.1, -0.05) is 0 Å². The van der Waals surface area contributed by atoms with E-state index in [-0.39, 0.29) is 17.3 Å². The Morgan fingerprint density at radius 1 is 1.72 bits per heavy atom.